The predicted molar refractivity (Wildman–Crippen MR) is 102 cm³/mol. The molecule has 3 rings (SSSR count). The number of hydrogen-bond donors (Lipinski definition) is 1. The lowest BCUT2D eigenvalue weighted by Crippen LogP contribution is -2.53. The van der Waals surface area contributed by atoms with Gasteiger partial charge in [-0.25, -0.2) is 22.0 Å². The molecule has 0 aliphatic carbocycles. The van der Waals surface area contributed by atoms with Crippen molar-refractivity contribution in [3.05, 3.63) is 60.2 Å². The average molecular weight is 425 g/mol. The number of amides is 2. The summed E-state index contributed by atoms with van der Waals surface area (Å²) >= 11 is 0. The lowest BCUT2D eigenvalue weighted by molar-refractivity contribution is 0.170. The predicted octanol–water partition coefficient (Wildman–Crippen LogP) is 2.06. The van der Waals surface area contributed by atoms with Crippen molar-refractivity contribution in [1.82, 2.24) is 14.5 Å². The summed E-state index contributed by atoms with van der Waals surface area (Å²) in [5, 5.41) is 2.69. The molecule has 2 aromatic carbocycles. The molecule has 0 radical (unpaired) electrons. The number of nitrogens with zero attached hydrogens (tertiary/aromatic N) is 2. The van der Waals surface area contributed by atoms with Crippen LogP contribution in [0, 0.1) is 11.6 Å². The molecule has 0 bridgehead atoms. The maximum absolute atomic E-state index is 13.8. The molecule has 10 heteroatoms. The molecule has 2 amide bonds. The average Bonchev–Trinajstić information content (AvgIpc) is 2.72. The zero-order chi connectivity index (χ0) is 20.9. The number of ether oxygens (including phenoxy) is 1. The maximum Gasteiger partial charge on any atom is 0.317 e. The minimum Gasteiger partial charge on any atom is -0.492 e. The summed E-state index contributed by atoms with van der Waals surface area (Å²) in [4.78, 5) is 13.3. The molecule has 29 heavy (non-hydrogen) atoms. The molecule has 2 aromatic rings. The summed E-state index contributed by atoms with van der Waals surface area (Å²) < 4.78 is 58.4. The number of halogens is 2. The first-order valence-corrected chi connectivity index (χ1v) is 10.5. The highest BCUT2D eigenvalue weighted by Gasteiger charge is 2.31. The van der Waals surface area contributed by atoms with E-state index in [1.807, 2.05) is 0 Å². The van der Waals surface area contributed by atoms with Crippen LogP contribution in [0.1, 0.15) is 0 Å². The Morgan fingerprint density at radius 1 is 1.00 bits per heavy atom. The van der Waals surface area contributed by atoms with E-state index in [4.69, 9.17) is 4.74 Å². The molecule has 0 atom stereocenters. The van der Waals surface area contributed by atoms with Crippen LogP contribution in [0.5, 0.6) is 5.75 Å². The van der Waals surface area contributed by atoms with E-state index in [9.17, 15) is 22.0 Å². The Hall–Kier alpha value is -2.72. The molecule has 0 saturated carbocycles. The molecule has 7 nitrogen and oxygen atoms in total. The highest BCUT2D eigenvalue weighted by Crippen LogP contribution is 2.20. The van der Waals surface area contributed by atoms with E-state index in [1.165, 1.54) is 51.7 Å². The van der Waals surface area contributed by atoms with Gasteiger partial charge in [0.05, 0.1) is 6.54 Å². The van der Waals surface area contributed by atoms with Crippen LogP contribution in [0.4, 0.5) is 13.6 Å². The van der Waals surface area contributed by atoms with Crippen LogP contribution >= 0.6 is 0 Å². The first kappa shape index (κ1) is 21.0. The molecular formula is C19H21F2N3O4S. The van der Waals surface area contributed by atoms with Gasteiger partial charge in [-0.3, -0.25) is 0 Å². The first-order chi connectivity index (χ1) is 13.9. The number of piperazine rings is 1. The van der Waals surface area contributed by atoms with Crippen LogP contribution in [0.2, 0.25) is 0 Å². The Labute approximate surface area is 167 Å². The third kappa shape index (κ3) is 5.21. The van der Waals surface area contributed by atoms with Crippen molar-refractivity contribution in [1.29, 1.82) is 0 Å². The van der Waals surface area contributed by atoms with E-state index >= 15 is 0 Å². The number of hydrogen-bond acceptors (Lipinski definition) is 4. The molecule has 1 aliphatic heterocycles. The Morgan fingerprint density at radius 3 is 2.31 bits per heavy atom. The Balaban J connectivity index is 1.44. The van der Waals surface area contributed by atoms with Gasteiger partial charge < -0.3 is 15.0 Å². The summed E-state index contributed by atoms with van der Waals surface area (Å²) in [6.07, 6.45) is 0. The second kappa shape index (κ2) is 9.19. The van der Waals surface area contributed by atoms with Crippen molar-refractivity contribution in [3.8, 4) is 5.75 Å². The van der Waals surface area contributed by atoms with E-state index in [2.05, 4.69) is 5.32 Å². The third-order valence-electron chi connectivity index (χ3n) is 4.44. The monoisotopic (exact) mass is 425 g/mol. The molecule has 156 valence electrons. The van der Waals surface area contributed by atoms with Gasteiger partial charge in [0, 0.05) is 26.2 Å². The molecule has 1 heterocycles. The molecule has 1 N–H and O–H groups in total. The number of urea groups is 1. The van der Waals surface area contributed by atoms with E-state index in [1.54, 1.807) is 0 Å². The summed E-state index contributed by atoms with van der Waals surface area (Å²) in [6, 6.07) is 10.4. The Bertz CT molecular complexity index is 946. The highest BCUT2D eigenvalue weighted by atomic mass is 32.2. The highest BCUT2D eigenvalue weighted by molar-refractivity contribution is 7.89. The molecule has 0 unspecified atom stereocenters. The van der Waals surface area contributed by atoms with Gasteiger partial charge >= 0.3 is 6.03 Å². The fourth-order valence-corrected chi connectivity index (χ4v) is 4.38. The van der Waals surface area contributed by atoms with Crippen molar-refractivity contribution in [2.24, 2.45) is 0 Å². The van der Waals surface area contributed by atoms with Crippen molar-refractivity contribution >= 4 is 16.1 Å². The fourth-order valence-electron chi connectivity index (χ4n) is 2.89. The van der Waals surface area contributed by atoms with Crippen LogP contribution in [-0.4, -0.2) is 63.0 Å². The van der Waals surface area contributed by atoms with E-state index in [0.717, 1.165) is 6.07 Å². The van der Waals surface area contributed by atoms with Gasteiger partial charge in [0.1, 0.15) is 28.9 Å². The normalized spacial score (nSPS) is 15.2. The zero-order valence-corrected chi connectivity index (χ0v) is 16.4. The SMILES string of the molecule is O=C(NCCOc1ccc(F)cc1)N1CCN(S(=O)(=O)c2ccccc2F)CC1. The largest absolute Gasteiger partial charge is 0.492 e. The van der Waals surface area contributed by atoms with Crippen molar-refractivity contribution in [2.75, 3.05) is 39.3 Å². The van der Waals surface area contributed by atoms with Crippen LogP contribution in [0.15, 0.2) is 53.4 Å². The van der Waals surface area contributed by atoms with Crippen LogP contribution in [0.3, 0.4) is 0 Å². The van der Waals surface area contributed by atoms with Crippen LogP contribution in [-0.2, 0) is 10.0 Å². The lowest BCUT2D eigenvalue weighted by Gasteiger charge is -2.34. The standard InChI is InChI=1S/C19H21F2N3O4S/c20-15-5-7-16(8-6-15)28-14-9-22-19(25)23-10-12-24(13-11-23)29(26,27)18-4-2-1-3-17(18)21/h1-8H,9-14H2,(H,22,25). The minimum atomic E-state index is -3.94. The van der Waals surface area contributed by atoms with Crippen LogP contribution < -0.4 is 10.1 Å². The van der Waals surface area contributed by atoms with E-state index < -0.39 is 15.8 Å². The minimum absolute atomic E-state index is 0.0795. The molecular weight excluding hydrogens is 404 g/mol. The quantitative estimate of drug-likeness (QED) is 0.719. The number of benzene rings is 2. The third-order valence-corrected chi connectivity index (χ3v) is 6.37. The van der Waals surface area contributed by atoms with E-state index in [-0.39, 0.29) is 56.1 Å². The van der Waals surface area contributed by atoms with Gasteiger partial charge in [-0.1, -0.05) is 12.1 Å². The smallest absolute Gasteiger partial charge is 0.317 e. The molecule has 0 spiro atoms. The number of sulfonamides is 1. The number of carbonyl (C=O) groups is 1. The van der Waals surface area contributed by atoms with E-state index in [0.29, 0.717) is 5.75 Å². The van der Waals surface area contributed by atoms with Crippen molar-refractivity contribution in [3.63, 3.8) is 0 Å². The molecule has 1 aliphatic rings. The van der Waals surface area contributed by atoms with Gasteiger partial charge in [-0.05, 0) is 36.4 Å². The topological polar surface area (TPSA) is 79.0 Å². The molecule has 1 saturated heterocycles. The second-order valence-corrected chi connectivity index (χ2v) is 8.26. The van der Waals surface area contributed by atoms with Gasteiger partial charge in [0.25, 0.3) is 0 Å². The number of carbonyl (C=O) groups excluding carboxylic acids is 1. The summed E-state index contributed by atoms with van der Waals surface area (Å²) in [6.45, 7) is 0.992. The summed E-state index contributed by atoms with van der Waals surface area (Å²) in [5.41, 5.74) is 0. The maximum atomic E-state index is 13.8. The number of rotatable bonds is 6. The first-order valence-electron chi connectivity index (χ1n) is 9.04. The van der Waals surface area contributed by atoms with Crippen molar-refractivity contribution < 1.29 is 26.7 Å². The zero-order valence-electron chi connectivity index (χ0n) is 15.6. The molecule has 0 aromatic heterocycles. The van der Waals surface area contributed by atoms with Gasteiger partial charge in [-0.2, -0.15) is 4.31 Å². The number of nitrogens with one attached hydrogen (secondary N) is 1. The van der Waals surface area contributed by atoms with Crippen LogP contribution in [0.25, 0.3) is 0 Å². The molecule has 1 fully saturated rings. The van der Waals surface area contributed by atoms with Gasteiger partial charge in [0.15, 0.2) is 0 Å². The Kier molecular flexibility index (Phi) is 6.65. The van der Waals surface area contributed by atoms with Gasteiger partial charge in [-0.15, -0.1) is 0 Å². The Morgan fingerprint density at radius 2 is 1.66 bits per heavy atom. The fraction of sp³-hybridized carbons (Fsp3) is 0.316. The summed E-state index contributed by atoms with van der Waals surface area (Å²) in [7, 11) is -3.94. The second-order valence-electron chi connectivity index (χ2n) is 6.36. The van der Waals surface area contributed by atoms with Gasteiger partial charge in [0.2, 0.25) is 10.0 Å². The lowest BCUT2D eigenvalue weighted by atomic mass is 10.3. The van der Waals surface area contributed by atoms with Crippen molar-refractivity contribution in [2.45, 2.75) is 4.90 Å². The summed E-state index contributed by atoms with van der Waals surface area (Å²) in [5.74, 6) is -0.664.